The maximum absolute atomic E-state index is 12.0. The van der Waals surface area contributed by atoms with Crippen molar-refractivity contribution < 1.29 is 9.59 Å². The molecule has 1 fully saturated rings. The molecule has 0 spiro atoms. The van der Waals surface area contributed by atoms with Crippen LogP contribution in [0.1, 0.15) is 56.9 Å². The van der Waals surface area contributed by atoms with Gasteiger partial charge in [-0.15, -0.1) is 0 Å². The smallest absolute Gasteiger partial charge is 0.223 e. The number of aryl methyl sites for hydroxylation is 1. The van der Waals surface area contributed by atoms with Gasteiger partial charge in [-0.1, -0.05) is 47.3 Å². The SMILES string of the molecule is O=C(CCCCc1ccc(Br)cc1)NCCNC(=O)C1CCCCC1. The Morgan fingerprint density at radius 3 is 2.36 bits per heavy atom. The Balaban J connectivity index is 1.48. The quantitative estimate of drug-likeness (QED) is 0.607. The van der Waals surface area contributed by atoms with E-state index in [1.54, 1.807) is 0 Å². The monoisotopic (exact) mass is 408 g/mol. The van der Waals surface area contributed by atoms with E-state index in [2.05, 4.69) is 38.7 Å². The molecule has 138 valence electrons. The molecule has 0 aromatic heterocycles. The molecule has 2 rings (SSSR count). The van der Waals surface area contributed by atoms with Gasteiger partial charge in [0.05, 0.1) is 0 Å². The Kier molecular flexibility index (Phi) is 9.02. The third kappa shape index (κ3) is 8.04. The molecule has 0 saturated heterocycles. The fourth-order valence-corrected chi connectivity index (χ4v) is 3.52. The summed E-state index contributed by atoms with van der Waals surface area (Å²) in [5.74, 6) is 0.411. The number of carbonyl (C=O) groups is 2. The van der Waals surface area contributed by atoms with Crippen molar-refractivity contribution >= 4 is 27.7 Å². The van der Waals surface area contributed by atoms with Crippen LogP contribution in [0.4, 0.5) is 0 Å². The number of halogens is 1. The number of hydrogen-bond acceptors (Lipinski definition) is 2. The zero-order chi connectivity index (χ0) is 17.9. The van der Waals surface area contributed by atoms with Crippen LogP contribution >= 0.6 is 15.9 Å². The minimum atomic E-state index is 0.0720. The summed E-state index contributed by atoms with van der Waals surface area (Å²) in [7, 11) is 0. The number of benzene rings is 1. The Labute approximate surface area is 159 Å². The molecule has 25 heavy (non-hydrogen) atoms. The molecule has 0 heterocycles. The summed E-state index contributed by atoms with van der Waals surface area (Å²) in [5, 5.41) is 5.83. The van der Waals surface area contributed by atoms with E-state index in [0.717, 1.165) is 49.4 Å². The van der Waals surface area contributed by atoms with Crippen molar-refractivity contribution in [2.75, 3.05) is 13.1 Å². The number of nitrogens with one attached hydrogen (secondary N) is 2. The van der Waals surface area contributed by atoms with E-state index in [9.17, 15) is 9.59 Å². The molecule has 1 aliphatic rings. The highest BCUT2D eigenvalue weighted by molar-refractivity contribution is 9.10. The van der Waals surface area contributed by atoms with Crippen LogP contribution in [0.2, 0.25) is 0 Å². The van der Waals surface area contributed by atoms with Crippen molar-refractivity contribution in [3.8, 4) is 0 Å². The number of unbranched alkanes of at least 4 members (excludes halogenated alkanes) is 1. The molecular formula is C20H29BrN2O2. The third-order valence-electron chi connectivity index (χ3n) is 4.75. The van der Waals surface area contributed by atoms with E-state index in [1.807, 2.05) is 12.1 Å². The Bertz CT molecular complexity index is 539. The van der Waals surface area contributed by atoms with E-state index in [-0.39, 0.29) is 17.7 Å². The van der Waals surface area contributed by atoms with E-state index in [1.165, 1.54) is 12.0 Å². The first-order valence-corrected chi connectivity index (χ1v) is 10.2. The largest absolute Gasteiger partial charge is 0.354 e. The summed E-state index contributed by atoms with van der Waals surface area (Å²) in [6.45, 7) is 1.05. The first-order valence-electron chi connectivity index (χ1n) is 9.44. The summed E-state index contributed by atoms with van der Waals surface area (Å²) in [6, 6.07) is 8.31. The van der Waals surface area contributed by atoms with Gasteiger partial charge in [0.25, 0.3) is 0 Å². The third-order valence-corrected chi connectivity index (χ3v) is 5.28. The van der Waals surface area contributed by atoms with Gasteiger partial charge in [0.1, 0.15) is 0 Å². The maximum atomic E-state index is 12.0. The highest BCUT2D eigenvalue weighted by atomic mass is 79.9. The minimum absolute atomic E-state index is 0.0720. The fraction of sp³-hybridized carbons (Fsp3) is 0.600. The van der Waals surface area contributed by atoms with Gasteiger partial charge < -0.3 is 10.6 Å². The number of amides is 2. The molecule has 0 bridgehead atoms. The summed E-state index contributed by atoms with van der Waals surface area (Å²) in [5.41, 5.74) is 1.30. The zero-order valence-corrected chi connectivity index (χ0v) is 16.4. The number of rotatable bonds is 9. The standard InChI is InChI=1S/C20H29BrN2O2/c21-18-12-10-16(11-13-18)6-4-5-9-19(24)22-14-15-23-20(25)17-7-2-1-3-8-17/h10-13,17H,1-9,14-15H2,(H,22,24)(H,23,25). The van der Waals surface area contributed by atoms with Crippen LogP contribution in [-0.4, -0.2) is 24.9 Å². The molecule has 0 aliphatic heterocycles. The van der Waals surface area contributed by atoms with Crippen molar-refractivity contribution in [2.24, 2.45) is 5.92 Å². The normalized spacial score (nSPS) is 14.9. The van der Waals surface area contributed by atoms with Crippen molar-refractivity contribution in [1.82, 2.24) is 10.6 Å². The molecule has 1 saturated carbocycles. The molecule has 2 amide bonds. The molecule has 1 aromatic rings. The van der Waals surface area contributed by atoms with Gasteiger partial charge in [0.15, 0.2) is 0 Å². The van der Waals surface area contributed by atoms with Gasteiger partial charge >= 0.3 is 0 Å². The summed E-state index contributed by atoms with van der Waals surface area (Å²) in [6.07, 6.45) is 9.04. The number of carbonyl (C=O) groups excluding carboxylic acids is 2. The van der Waals surface area contributed by atoms with Crippen molar-refractivity contribution in [3.63, 3.8) is 0 Å². The molecule has 0 atom stereocenters. The second-order valence-corrected chi connectivity index (χ2v) is 7.73. The van der Waals surface area contributed by atoms with E-state index in [4.69, 9.17) is 0 Å². The maximum Gasteiger partial charge on any atom is 0.223 e. The first-order chi connectivity index (χ1) is 12.1. The average molecular weight is 409 g/mol. The second kappa shape index (κ2) is 11.3. The lowest BCUT2D eigenvalue weighted by Gasteiger charge is -2.20. The topological polar surface area (TPSA) is 58.2 Å². The van der Waals surface area contributed by atoms with Crippen LogP contribution in [-0.2, 0) is 16.0 Å². The van der Waals surface area contributed by atoms with Gasteiger partial charge in [-0.3, -0.25) is 9.59 Å². The predicted octanol–water partition coefficient (Wildman–Crippen LogP) is 3.97. The van der Waals surface area contributed by atoms with Crippen molar-refractivity contribution in [1.29, 1.82) is 0 Å². The van der Waals surface area contributed by atoms with Crippen LogP contribution in [0.5, 0.6) is 0 Å². The van der Waals surface area contributed by atoms with Crippen LogP contribution < -0.4 is 10.6 Å². The fourth-order valence-electron chi connectivity index (χ4n) is 3.25. The van der Waals surface area contributed by atoms with Crippen LogP contribution in [0.25, 0.3) is 0 Å². The Hall–Kier alpha value is -1.36. The predicted molar refractivity (Wildman–Crippen MR) is 104 cm³/mol. The zero-order valence-electron chi connectivity index (χ0n) is 14.9. The Morgan fingerprint density at radius 1 is 0.960 bits per heavy atom. The highest BCUT2D eigenvalue weighted by Gasteiger charge is 2.20. The van der Waals surface area contributed by atoms with Gasteiger partial charge in [0.2, 0.25) is 11.8 Å². The lowest BCUT2D eigenvalue weighted by molar-refractivity contribution is -0.126. The van der Waals surface area contributed by atoms with Crippen LogP contribution in [0.15, 0.2) is 28.7 Å². The minimum Gasteiger partial charge on any atom is -0.354 e. The molecule has 2 N–H and O–H groups in total. The lowest BCUT2D eigenvalue weighted by Crippen LogP contribution is -2.38. The van der Waals surface area contributed by atoms with Gasteiger partial charge in [-0.05, 0) is 49.8 Å². The first kappa shape index (κ1) is 20.0. The lowest BCUT2D eigenvalue weighted by atomic mass is 9.89. The Morgan fingerprint density at radius 2 is 1.64 bits per heavy atom. The molecule has 5 heteroatoms. The second-order valence-electron chi connectivity index (χ2n) is 6.81. The van der Waals surface area contributed by atoms with Crippen molar-refractivity contribution in [3.05, 3.63) is 34.3 Å². The highest BCUT2D eigenvalue weighted by Crippen LogP contribution is 2.23. The molecular weight excluding hydrogens is 380 g/mol. The van der Waals surface area contributed by atoms with Crippen LogP contribution in [0.3, 0.4) is 0 Å². The van der Waals surface area contributed by atoms with Crippen LogP contribution in [0, 0.1) is 5.92 Å². The summed E-state index contributed by atoms with van der Waals surface area (Å²) >= 11 is 3.43. The molecule has 1 aromatic carbocycles. The number of hydrogen-bond donors (Lipinski definition) is 2. The van der Waals surface area contributed by atoms with E-state index in [0.29, 0.717) is 19.5 Å². The van der Waals surface area contributed by atoms with Crippen molar-refractivity contribution in [2.45, 2.75) is 57.8 Å². The van der Waals surface area contributed by atoms with E-state index < -0.39 is 0 Å². The molecule has 0 radical (unpaired) electrons. The van der Waals surface area contributed by atoms with Gasteiger partial charge in [-0.2, -0.15) is 0 Å². The summed E-state index contributed by atoms with van der Waals surface area (Å²) < 4.78 is 1.09. The molecule has 4 nitrogen and oxygen atoms in total. The van der Waals surface area contributed by atoms with E-state index >= 15 is 0 Å². The molecule has 0 unspecified atom stereocenters. The average Bonchev–Trinajstić information content (AvgIpc) is 2.64. The van der Waals surface area contributed by atoms with Gasteiger partial charge in [-0.25, -0.2) is 0 Å². The molecule has 1 aliphatic carbocycles. The summed E-state index contributed by atoms with van der Waals surface area (Å²) in [4.78, 5) is 23.8. The van der Waals surface area contributed by atoms with Gasteiger partial charge in [0, 0.05) is 29.9 Å².